The summed E-state index contributed by atoms with van der Waals surface area (Å²) in [6.45, 7) is 0. The number of rotatable bonds is 1. The minimum absolute atomic E-state index is 1.11. The first-order valence-corrected chi connectivity index (χ1v) is 3.81. The van der Waals surface area contributed by atoms with Crippen LogP contribution in [0.4, 0.5) is 0 Å². The van der Waals surface area contributed by atoms with Crippen LogP contribution < -0.4 is 0 Å². The Morgan fingerprint density at radius 2 is 1.62 bits per heavy atom. The topological polar surface area (TPSA) is 0 Å². The summed E-state index contributed by atoms with van der Waals surface area (Å²) in [5.74, 6) is 3.02. The Balaban J connectivity index is 1.86. The third-order valence-electron chi connectivity index (χ3n) is 2.40. The second-order valence-electron chi connectivity index (χ2n) is 3.14. The summed E-state index contributed by atoms with van der Waals surface area (Å²) in [6.07, 6.45) is 8.98. The fourth-order valence-electron chi connectivity index (χ4n) is 1.73. The van der Waals surface area contributed by atoms with E-state index in [0.717, 1.165) is 5.92 Å². The van der Waals surface area contributed by atoms with E-state index in [2.05, 4.69) is 0 Å². The molecule has 0 aromatic rings. The van der Waals surface area contributed by atoms with E-state index in [1.165, 1.54) is 38.5 Å². The molecule has 2 aliphatic carbocycles. The van der Waals surface area contributed by atoms with Gasteiger partial charge in [0.2, 0.25) is 0 Å². The first-order valence-electron chi connectivity index (χ1n) is 3.81. The van der Waals surface area contributed by atoms with Crippen LogP contribution in [0.2, 0.25) is 0 Å². The monoisotopic (exact) mass is 109 g/mol. The zero-order chi connectivity index (χ0) is 5.40. The molecule has 0 atom stereocenters. The molecule has 0 nitrogen and oxygen atoms in total. The van der Waals surface area contributed by atoms with Gasteiger partial charge in [-0.05, 0) is 25.7 Å². The van der Waals surface area contributed by atoms with Gasteiger partial charge in [0.15, 0.2) is 0 Å². The van der Waals surface area contributed by atoms with Crippen LogP contribution in [0.1, 0.15) is 38.5 Å². The van der Waals surface area contributed by atoms with Gasteiger partial charge in [-0.25, -0.2) is 0 Å². The fourth-order valence-corrected chi connectivity index (χ4v) is 1.73. The molecule has 0 heterocycles. The van der Waals surface area contributed by atoms with Crippen molar-refractivity contribution in [3.05, 3.63) is 5.92 Å². The SMILES string of the molecule is C1CC[C+](C2CC2)C1. The van der Waals surface area contributed by atoms with Gasteiger partial charge in [-0.15, -0.1) is 0 Å². The summed E-state index contributed by atoms with van der Waals surface area (Å²) in [4.78, 5) is 0. The minimum atomic E-state index is 1.11. The van der Waals surface area contributed by atoms with Crippen molar-refractivity contribution in [2.75, 3.05) is 0 Å². The Morgan fingerprint density at radius 3 is 2.12 bits per heavy atom. The maximum absolute atomic E-state index is 1.91. The zero-order valence-corrected chi connectivity index (χ0v) is 5.32. The van der Waals surface area contributed by atoms with Gasteiger partial charge in [0, 0.05) is 0 Å². The molecule has 0 N–H and O–H groups in total. The van der Waals surface area contributed by atoms with Gasteiger partial charge in [0.1, 0.15) is 5.92 Å². The summed E-state index contributed by atoms with van der Waals surface area (Å²) in [6, 6.07) is 0. The second kappa shape index (κ2) is 1.68. The standard InChI is InChI=1S/C8H13/c1-2-4-7(3-1)8-5-6-8/h8H,1-6H2/q+1. The highest BCUT2D eigenvalue weighted by molar-refractivity contribution is 5.05. The lowest BCUT2D eigenvalue weighted by Crippen LogP contribution is -1.89. The first-order chi connectivity index (χ1) is 3.97. The summed E-state index contributed by atoms with van der Waals surface area (Å²) in [5.41, 5.74) is 0. The van der Waals surface area contributed by atoms with Crippen molar-refractivity contribution in [1.29, 1.82) is 0 Å². The van der Waals surface area contributed by atoms with E-state index in [1.807, 2.05) is 5.92 Å². The van der Waals surface area contributed by atoms with Crippen LogP contribution >= 0.6 is 0 Å². The van der Waals surface area contributed by atoms with E-state index >= 15 is 0 Å². The lowest BCUT2D eigenvalue weighted by molar-refractivity contribution is 0.753. The Bertz CT molecular complexity index is 76.0. The summed E-state index contributed by atoms with van der Waals surface area (Å²) >= 11 is 0. The zero-order valence-electron chi connectivity index (χ0n) is 5.32. The van der Waals surface area contributed by atoms with Crippen LogP contribution in [0.25, 0.3) is 0 Å². The maximum Gasteiger partial charge on any atom is 0.101 e. The Kier molecular flexibility index (Phi) is 0.991. The predicted molar refractivity (Wildman–Crippen MR) is 34.4 cm³/mol. The van der Waals surface area contributed by atoms with Gasteiger partial charge in [0.25, 0.3) is 0 Å². The third kappa shape index (κ3) is 0.724. The van der Waals surface area contributed by atoms with Crippen molar-refractivity contribution < 1.29 is 0 Å². The molecule has 0 radical (unpaired) electrons. The highest BCUT2D eigenvalue weighted by atomic mass is 14.4. The third-order valence-corrected chi connectivity index (χ3v) is 2.40. The van der Waals surface area contributed by atoms with Gasteiger partial charge < -0.3 is 0 Å². The first kappa shape index (κ1) is 4.72. The highest BCUT2D eigenvalue weighted by Gasteiger charge is 2.42. The molecular weight excluding hydrogens is 96.1 g/mol. The molecule has 8 heavy (non-hydrogen) atoms. The largest absolute Gasteiger partial charge is 0.101 e. The van der Waals surface area contributed by atoms with Crippen molar-refractivity contribution >= 4 is 0 Å². The fraction of sp³-hybridized carbons (Fsp3) is 0.875. The number of hydrogen-bond donors (Lipinski definition) is 0. The van der Waals surface area contributed by atoms with E-state index in [-0.39, 0.29) is 0 Å². The van der Waals surface area contributed by atoms with Crippen LogP contribution in [0.5, 0.6) is 0 Å². The quantitative estimate of drug-likeness (QED) is 0.454. The van der Waals surface area contributed by atoms with E-state index < -0.39 is 0 Å². The van der Waals surface area contributed by atoms with Gasteiger partial charge in [-0.1, -0.05) is 0 Å². The molecule has 0 unspecified atom stereocenters. The lowest BCUT2D eigenvalue weighted by atomic mass is 10.0. The lowest BCUT2D eigenvalue weighted by Gasteiger charge is -1.89. The van der Waals surface area contributed by atoms with Crippen molar-refractivity contribution in [3.63, 3.8) is 0 Å². The predicted octanol–water partition coefficient (Wildman–Crippen LogP) is 2.54. The van der Waals surface area contributed by atoms with Crippen LogP contribution in [-0.2, 0) is 0 Å². The van der Waals surface area contributed by atoms with Gasteiger partial charge >= 0.3 is 0 Å². The molecule has 2 saturated carbocycles. The van der Waals surface area contributed by atoms with E-state index in [1.54, 1.807) is 0 Å². The molecule has 0 saturated heterocycles. The Hall–Kier alpha value is -0.130. The molecule has 0 aliphatic heterocycles. The Labute approximate surface area is 51.3 Å². The van der Waals surface area contributed by atoms with Gasteiger partial charge in [-0.3, -0.25) is 0 Å². The molecular formula is C8H13+. The molecule has 0 aromatic heterocycles. The summed E-state index contributed by atoms with van der Waals surface area (Å²) < 4.78 is 0. The molecule has 2 fully saturated rings. The van der Waals surface area contributed by atoms with Crippen LogP contribution in [0.3, 0.4) is 0 Å². The molecule has 0 aromatic carbocycles. The van der Waals surface area contributed by atoms with E-state index in [4.69, 9.17) is 0 Å². The minimum Gasteiger partial charge on any atom is -0.00828 e. The smallest absolute Gasteiger partial charge is 0.00828 e. The second-order valence-corrected chi connectivity index (χ2v) is 3.14. The molecule has 44 valence electrons. The normalized spacial score (nSPS) is 29.2. The maximum atomic E-state index is 1.91. The molecule has 0 spiro atoms. The highest BCUT2D eigenvalue weighted by Crippen LogP contribution is 2.46. The van der Waals surface area contributed by atoms with Gasteiger partial charge in [-0.2, -0.15) is 0 Å². The van der Waals surface area contributed by atoms with Crippen LogP contribution in [0, 0.1) is 11.8 Å². The average Bonchev–Trinajstić information content (AvgIpc) is 2.49. The van der Waals surface area contributed by atoms with Crippen LogP contribution in [-0.4, -0.2) is 0 Å². The Morgan fingerprint density at radius 1 is 1.00 bits per heavy atom. The van der Waals surface area contributed by atoms with E-state index in [9.17, 15) is 0 Å². The van der Waals surface area contributed by atoms with Crippen LogP contribution in [0.15, 0.2) is 0 Å². The molecule has 0 heteroatoms. The summed E-state index contributed by atoms with van der Waals surface area (Å²) in [7, 11) is 0. The van der Waals surface area contributed by atoms with Crippen molar-refractivity contribution in [2.45, 2.75) is 38.5 Å². The van der Waals surface area contributed by atoms with Crippen molar-refractivity contribution in [2.24, 2.45) is 5.92 Å². The molecule has 0 bridgehead atoms. The van der Waals surface area contributed by atoms with E-state index in [0.29, 0.717) is 0 Å². The van der Waals surface area contributed by atoms with Gasteiger partial charge in [0.05, 0.1) is 18.8 Å². The number of hydrogen-bond acceptors (Lipinski definition) is 0. The summed E-state index contributed by atoms with van der Waals surface area (Å²) in [5, 5.41) is 0. The average molecular weight is 109 g/mol. The van der Waals surface area contributed by atoms with Crippen molar-refractivity contribution in [3.8, 4) is 0 Å². The molecule has 2 aliphatic rings. The van der Waals surface area contributed by atoms with Crippen molar-refractivity contribution in [1.82, 2.24) is 0 Å². The molecule has 0 amide bonds. The molecule has 2 rings (SSSR count).